The molecule has 0 radical (unpaired) electrons. The van der Waals surface area contributed by atoms with Gasteiger partial charge in [0, 0.05) is 25.4 Å². The van der Waals surface area contributed by atoms with Crippen LogP contribution in [0.4, 0.5) is 0 Å². The Morgan fingerprint density at radius 1 is 1.46 bits per heavy atom. The molecule has 0 fully saturated rings. The first-order valence-electron chi connectivity index (χ1n) is 4.25. The summed E-state index contributed by atoms with van der Waals surface area (Å²) in [5.41, 5.74) is 0.746. The van der Waals surface area contributed by atoms with Gasteiger partial charge >= 0.3 is 5.97 Å². The zero-order valence-electron chi connectivity index (χ0n) is 8.42. The van der Waals surface area contributed by atoms with Crippen LogP contribution in [0.1, 0.15) is 13.3 Å². The molecule has 0 spiro atoms. The zero-order chi connectivity index (χ0) is 10.1. The van der Waals surface area contributed by atoms with Gasteiger partial charge in [0.05, 0.1) is 13.7 Å². The summed E-state index contributed by atoms with van der Waals surface area (Å²) in [7, 11) is 2.93. The van der Waals surface area contributed by atoms with Crippen LogP contribution >= 0.6 is 0 Å². The summed E-state index contributed by atoms with van der Waals surface area (Å²) in [6, 6.07) is 0. The third-order valence-electron chi connectivity index (χ3n) is 1.40. The van der Waals surface area contributed by atoms with Crippen molar-refractivity contribution in [2.75, 3.05) is 27.4 Å². The van der Waals surface area contributed by atoms with E-state index in [9.17, 15) is 4.79 Å². The number of hydrogen-bond acceptors (Lipinski definition) is 4. The maximum absolute atomic E-state index is 10.9. The highest BCUT2D eigenvalue weighted by atomic mass is 16.5. The molecular weight excluding hydrogens is 170 g/mol. The average molecular weight is 187 g/mol. The predicted molar refractivity (Wildman–Crippen MR) is 50.3 cm³/mol. The number of carbonyl (C=O) groups excluding carboxylic acids is 1. The Kier molecular flexibility index (Phi) is 7.01. The van der Waals surface area contributed by atoms with Crippen molar-refractivity contribution < 1.29 is 14.3 Å². The zero-order valence-corrected chi connectivity index (χ0v) is 8.42. The molecule has 0 aliphatic heterocycles. The van der Waals surface area contributed by atoms with Crippen LogP contribution in [0.5, 0.6) is 0 Å². The molecule has 4 nitrogen and oxygen atoms in total. The fourth-order valence-electron chi connectivity index (χ4n) is 0.786. The summed E-state index contributed by atoms with van der Waals surface area (Å²) in [5.74, 6) is -0.365. The molecule has 0 amide bonds. The van der Waals surface area contributed by atoms with E-state index >= 15 is 0 Å². The Balaban J connectivity index is 4.05. The largest absolute Gasteiger partial charge is 0.466 e. The van der Waals surface area contributed by atoms with E-state index in [0.717, 1.165) is 18.7 Å². The van der Waals surface area contributed by atoms with Crippen molar-refractivity contribution >= 4 is 5.97 Å². The van der Waals surface area contributed by atoms with E-state index < -0.39 is 0 Å². The van der Waals surface area contributed by atoms with Gasteiger partial charge < -0.3 is 14.8 Å². The second-order valence-electron chi connectivity index (χ2n) is 2.55. The lowest BCUT2D eigenvalue weighted by molar-refractivity contribution is -0.134. The summed E-state index contributed by atoms with van der Waals surface area (Å²) in [6.07, 6.45) is 2.40. The molecule has 4 heteroatoms. The molecule has 0 aromatic carbocycles. The number of nitrogens with one attached hydrogen (secondary N) is 1. The van der Waals surface area contributed by atoms with Gasteiger partial charge in [0.25, 0.3) is 0 Å². The van der Waals surface area contributed by atoms with E-state index in [4.69, 9.17) is 4.74 Å². The summed E-state index contributed by atoms with van der Waals surface area (Å²) in [5, 5.41) is 3.07. The minimum Gasteiger partial charge on any atom is -0.466 e. The van der Waals surface area contributed by atoms with Gasteiger partial charge in [-0.25, -0.2) is 4.79 Å². The van der Waals surface area contributed by atoms with Crippen LogP contribution in [0.25, 0.3) is 0 Å². The van der Waals surface area contributed by atoms with E-state index in [1.807, 2.05) is 0 Å². The standard InChI is InChI=1S/C9H17NO3/c1-4-5-10-8(7-12-2)6-9(11)13-3/h6,10H,4-5,7H2,1-3H3/b8-6-. The van der Waals surface area contributed by atoms with Crippen molar-refractivity contribution in [3.8, 4) is 0 Å². The van der Waals surface area contributed by atoms with Crippen molar-refractivity contribution in [3.63, 3.8) is 0 Å². The quantitative estimate of drug-likeness (QED) is 0.491. The highest BCUT2D eigenvalue weighted by Gasteiger charge is 1.99. The molecule has 0 aromatic heterocycles. The van der Waals surface area contributed by atoms with Gasteiger partial charge in [0.2, 0.25) is 0 Å². The number of ether oxygens (including phenoxy) is 2. The Labute approximate surface area is 78.9 Å². The van der Waals surface area contributed by atoms with Crippen LogP contribution < -0.4 is 5.32 Å². The Hall–Kier alpha value is -1.03. The second-order valence-corrected chi connectivity index (χ2v) is 2.55. The van der Waals surface area contributed by atoms with Gasteiger partial charge in [0.1, 0.15) is 0 Å². The van der Waals surface area contributed by atoms with Gasteiger partial charge in [-0.3, -0.25) is 0 Å². The van der Waals surface area contributed by atoms with Crippen LogP contribution in [0.2, 0.25) is 0 Å². The molecule has 0 heterocycles. The molecule has 0 saturated heterocycles. The number of methoxy groups -OCH3 is 2. The number of esters is 1. The topological polar surface area (TPSA) is 47.6 Å². The minimum absolute atomic E-state index is 0.365. The van der Waals surface area contributed by atoms with Gasteiger partial charge in [-0.2, -0.15) is 0 Å². The first-order valence-corrected chi connectivity index (χ1v) is 4.25. The SMILES string of the molecule is CCCN/C(=C\C(=O)OC)COC. The predicted octanol–water partition coefficient (Wildman–Crippen LogP) is 0.689. The molecule has 0 atom stereocenters. The van der Waals surface area contributed by atoms with Gasteiger partial charge in [-0.15, -0.1) is 0 Å². The number of hydrogen-bond donors (Lipinski definition) is 1. The smallest absolute Gasteiger partial charge is 0.332 e. The van der Waals surface area contributed by atoms with Crippen molar-refractivity contribution in [3.05, 3.63) is 11.8 Å². The molecule has 76 valence electrons. The van der Waals surface area contributed by atoms with Crippen molar-refractivity contribution in [2.24, 2.45) is 0 Å². The summed E-state index contributed by atoms with van der Waals surface area (Å²) >= 11 is 0. The maximum Gasteiger partial charge on any atom is 0.332 e. The van der Waals surface area contributed by atoms with Crippen molar-refractivity contribution in [1.82, 2.24) is 5.32 Å². The van der Waals surface area contributed by atoms with E-state index in [0.29, 0.717) is 6.61 Å². The second kappa shape index (κ2) is 7.61. The lowest BCUT2D eigenvalue weighted by Crippen LogP contribution is -2.19. The monoisotopic (exact) mass is 187 g/mol. The molecule has 13 heavy (non-hydrogen) atoms. The highest BCUT2D eigenvalue weighted by Crippen LogP contribution is 1.91. The van der Waals surface area contributed by atoms with E-state index in [1.54, 1.807) is 7.11 Å². The summed E-state index contributed by atoms with van der Waals surface area (Å²) < 4.78 is 9.40. The summed E-state index contributed by atoms with van der Waals surface area (Å²) in [4.78, 5) is 10.9. The normalized spacial score (nSPS) is 11.2. The fraction of sp³-hybridized carbons (Fsp3) is 0.667. The average Bonchev–Trinajstić information content (AvgIpc) is 2.14. The molecule has 0 aliphatic rings. The number of rotatable bonds is 6. The molecule has 0 unspecified atom stereocenters. The van der Waals surface area contributed by atoms with Gasteiger partial charge in [-0.1, -0.05) is 6.92 Å². The van der Waals surface area contributed by atoms with Crippen molar-refractivity contribution in [2.45, 2.75) is 13.3 Å². The fourth-order valence-corrected chi connectivity index (χ4v) is 0.786. The molecular formula is C9H17NO3. The molecule has 0 saturated carbocycles. The lowest BCUT2D eigenvalue weighted by atomic mass is 10.4. The molecule has 0 aromatic rings. The minimum atomic E-state index is -0.365. The summed E-state index contributed by atoms with van der Waals surface area (Å²) in [6.45, 7) is 3.27. The van der Waals surface area contributed by atoms with Crippen LogP contribution in [-0.2, 0) is 14.3 Å². The third-order valence-corrected chi connectivity index (χ3v) is 1.40. The Morgan fingerprint density at radius 2 is 2.15 bits per heavy atom. The van der Waals surface area contributed by atoms with E-state index in [2.05, 4.69) is 17.0 Å². The van der Waals surface area contributed by atoms with Crippen molar-refractivity contribution in [1.29, 1.82) is 0 Å². The first kappa shape index (κ1) is 12.0. The Bertz CT molecular complexity index is 178. The molecule has 0 rings (SSSR count). The third kappa shape index (κ3) is 6.16. The van der Waals surface area contributed by atoms with E-state index in [-0.39, 0.29) is 5.97 Å². The van der Waals surface area contributed by atoms with Crippen LogP contribution in [0, 0.1) is 0 Å². The molecule has 1 N–H and O–H groups in total. The first-order chi connectivity index (χ1) is 6.24. The molecule has 0 aliphatic carbocycles. The van der Waals surface area contributed by atoms with Crippen LogP contribution in [0.15, 0.2) is 11.8 Å². The van der Waals surface area contributed by atoms with Crippen LogP contribution in [0.3, 0.4) is 0 Å². The Morgan fingerprint density at radius 3 is 2.62 bits per heavy atom. The number of carbonyl (C=O) groups is 1. The van der Waals surface area contributed by atoms with Gasteiger partial charge in [0.15, 0.2) is 0 Å². The lowest BCUT2D eigenvalue weighted by Gasteiger charge is -2.08. The van der Waals surface area contributed by atoms with E-state index in [1.165, 1.54) is 13.2 Å². The molecule has 0 bridgehead atoms. The van der Waals surface area contributed by atoms with Crippen LogP contribution in [-0.4, -0.2) is 33.3 Å². The maximum atomic E-state index is 10.9. The highest BCUT2D eigenvalue weighted by molar-refractivity contribution is 5.82. The van der Waals surface area contributed by atoms with Gasteiger partial charge in [-0.05, 0) is 6.42 Å².